The van der Waals surface area contributed by atoms with Crippen LogP contribution in [-0.4, -0.2) is 98.8 Å². The van der Waals surface area contributed by atoms with Gasteiger partial charge in [0.2, 0.25) is 18.0 Å². The minimum Gasteiger partial charge on any atom is -0.464 e. The summed E-state index contributed by atoms with van der Waals surface area (Å²) < 4.78 is 35.8. The molecule has 1 aliphatic carbocycles. The highest BCUT2D eigenvalue weighted by molar-refractivity contribution is 7.15. The van der Waals surface area contributed by atoms with Gasteiger partial charge in [0.05, 0.1) is 59.8 Å². The predicted octanol–water partition coefficient (Wildman–Crippen LogP) is 10.6. The van der Waals surface area contributed by atoms with Gasteiger partial charge >= 0.3 is 12.2 Å². The van der Waals surface area contributed by atoms with Crippen LogP contribution >= 0.6 is 11.3 Å². The molecule has 3 aliphatic heterocycles. The van der Waals surface area contributed by atoms with E-state index in [4.69, 9.17) is 24.2 Å². The number of aromatic nitrogens is 4. The first-order valence-corrected chi connectivity index (χ1v) is 25.9. The smallest absolute Gasteiger partial charge is 0.407 e. The van der Waals surface area contributed by atoms with E-state index >= 15 is 4.39 Å². The number of methoxy groups -OCH3 is 2. The number of amides is 4. The summed E-state index contributed by atoms with van der Waals surface area (Å²) in [4.78, 5) is 69.9. The second kappa shape index (κ2) is 20.0. The van der Waals surface area contributed by atoms with Crippen molar-refractivity contribution in [2.75, 3.05) is 27.3 Å². The number of thiazole rings is 1. The number of alkyl carbamates (subject to hydrolysis) is 2. The van der Waals surface area contributed by atoms with Crippen LogP contribution in [0.2, 0.25) is 0 Å². The quantitative estimate of drug-likeness (QED) is 0.108. The largest absolute Gasteiger partial charge is 0.464 e. The maximum absolute atomic E-state index is 17.1. The lowest BCUT2D eigenvalue weighted by Crippen LogP contribution is -2.52. The van der Waals surface area contributed by atoms with Gasteiger partial charge in [0.1, 0.15) is 34.5 Å². The van der Waals surface area contributed by atoms with Gasteiger partial charge in [-0.15, -0.1) is 11.3 Å². The molecular weight excluding hydrogens is 948 g/mol. The van der Waals surface area contributed by atoms with Gasteiger partial charge in [-0.25, -0.2) is 23.9 Å². The van der Waals surface area contributed by atoms with Crippen molar-refractivity contribution in [3.63, 3.8) is 0 Å². The number of nitrogens with one attached hydrogen (secondary N) is 3. The van der Waals surface area contributed by atoms with Crippen molar-refractivity contribution in [2.45, 2.75) is 104 Å². The number of nitrogens with zero attached hydrogens (tertiary/aromatic N) is 5. The summed E-state index contributed by atoms with van der Waals surface area (Å²) >= 11 is 1.54. The predicted molar refractivity (Wildman–Crippen MR) is 278 cm³/mol. The Kier molecular flexibility index (Phi) is 13.5. The fourth-order valence-corrected chi connectivity index (χ4v) is 12.0. The number of hydrogen-bond donors (Lipinski definition) is 3. The van der Waals surface area contributed by atoms with Gasteiger partial charge in [0.25, 0.3) is 0 Å². The molecule has 6 aromatic rings. The number of imidazole rings is 1. The van der Waals surface area contributed by atoms with E-state index in [1.165, 1.54) is 19.8 Å². The minimum atomic E-state index is -0.748. The first-order chi connectivity index (χ1) is 35.1. The van der Waals surface area contributed by atoms with E-state index in [1.54, 1.807) is 28.5 Å². The molecule has 2 fully saturated rings. The fraction of sp³-hybridized carbons (Fsp3) is 0.393. The van der Waals surface area contributed by atoms with Gasteiger partial charge < -0.3 is 39.6 Å². The van der Waals surface area contributed by atoms with Crippen molar-refractivity contribution < 1.29 is 37.8 Å². The zero-order valence-electron chi connectivity index (χ0n) is 42.4. The summed E-state index contributed by atoms with van der Waals surface area (Å²) in [5.74, 6) is 0.0107. The van der Waals surface area contributed by atoms with Crippen LogP contribution in [0.4, 0.5) is 14.0 Å². The van der Waals surface area contributed by atoms with Crippen molar-refractivity contribution in [1.29, 1.82) is 0 Å². The topological polar surface area (TPSA) is 173 Å². The molecule has 0 radical (unpaired) electrons. The number of likely N-dealkylation sites (tertiary alicyclic amines) is 2. The lowest BCUT2D eigenvalue weighted by Gasteiger charge is -2.32. The Balaban J connectivity index is 0.970. The second-order valence-electron chi connectivity index (χ2n) is 20.2. The van der Waals surface area contributed by atoms with Crippen LogP contribution in [0.15, 0.2) is 84.7 Å². The van der Waals surface area contributed by atoms with Crippen LogP contribution in [0.1, 0.15) is 99.5 Å². The number of allylic oxidation sites excluding steroid dienone is 3. The number of rotatable bonds is 12. The number of ether oxygens (including phenoxy) is 3. The summed E-state index contributed by atoms with van der Waals surface area (Å²) in [7, 11) is 2.57. The van der Waals surface area contributed by atoms with Crippen molar-refractivity contribution >= 4 is 51.8 Å². The van der Waals surface area contributed by atoms with E-state index in [2.05, 4.69) is 58.3 Å². The Labute approximate surface area is 427 Å². The first-order valence-electron chi connectivity index (χ1n) is 25.1. The number of carbonyl (C=O) groups excluding carboxylic acids is 4. The molecule has 6 heterocycles. The van der Waals surface area contributed by atoms with Gasteiger partial charge in [0.15, 0.2) is 0 Å². The molecule has 5 atom stereocenters. The van der Waals surface area contributed by atoms with Crippen LogP contribution in [0.3, 0.4) is 0 Å². The molecule has 2 saturated heterocycles. The molecule has 4 amide bonds. The molecule has 17 heteroatoms. The molecule has 0 bridgehead atoms. The van der Waals surface area contributed by atoms with Crippen molar-refractivity contribution in [3.05, 3.63) is 118 Å². The SMILES string of the molecule is COC(=O)N[C@H](C(=O)N1CCC[C@H]1C1=CC=C(c2cc(F)c3c(c2)OC(c2cnc(-c4ccc(C)cc4C)s2)n2c-3cc3cc(-c4cnc([C@@H]5CCCN5C(=O)[C@@H](NC(=O)OC)C(C)C)[nH]4)ccc32)C1)C(C)C. The van der Waals surface area contributed by atoms with Gasteiger partial charge in [0, 0.05) is 35.8 Å². The number of aryl methyl sites for hydroxylation is 2. The van der Waals surface area contributed by atoms with Crippen LogP contribution in [0.5, 0.6) is 5.75 Å². The minimum absolute atomic E-state index is 0.145. The lowest BCUT2D eigenvalue weighted by molar-refractivity contribution is -0.136. The fourth-order valence-electron chi connectivity index (χ4n) is 11.0. The molecule has 3 aromatic carbocycles. The van der Waals surface area contributed by atoms with Gasteiger partial charge in [-0.1, -0.05) is 69.7 Å². The van der Waals surface area contributed by atoms with Gasteiger partial charge in [-0.3, -0.25) is 14.2 Å². The highest BCUT2D eigenvalue weighted by Crippen LogP contribution is 2.49. The average molecular weight is 1010 g/mol. The third-order valence-corrected chi connectivity index (χ3v) is 15.8. The molecule has 0 saturated carbocycles. The van der Waals surface area contributed by atoms with E-state index in [1.807, 2.05) is 75.2 Å². The van der Waals surface area contributed by atoms with Crippen molar-refractivity contribution in [3.8, 4) is 38.8 Å². The van der Waals surface area contributed by atoms with Gasteiger partial charge in [-0.05, 0) is 110 Å². The monoisotopic (exact) mass is 1010 g/mol. The zero-order chi connectivity index (χ0) is 51.4. The number of fused-ring (bicyclic) bond motifs is 5. The van der Waals surface area contributed by atoms with Crippen LogP contribution < -0.4 is 15.4 Å². The Morgan fingerprint density at radius 3 is 2.16 bits per heavy atom. The normalized spacial score (nSPS) is 19.1. The maximum Gasteiger partial charge on any atom is 0.407 e. The second-order valence-corrected chi connectivity index (χ2v) is 21.3. The molecule has 73 heavy (non-hydrogen) atoms. The Morgan fingerprint density at radius 2 is 1.49 bits per heavy atom. The Bertz CT molecular complexity index is 3220. The van der Waals surface area contributed by atoms with Gasteiger partial charge in [-0.2, -0.15) is 0 Å². The van der Waals surface area contributed by atoms with E-state index in [9.17, 15) is 19.2 Å². The first kappa shape index (κ1) is 49.3. The number of hydrogen-bond acceptors (Lipinski definition) is 10. The highest BCUT2D eigenvalue weighted by atomic mass is 32.1. The van der Waals surface area contributed by atoms with Crippen LogP contribution in [-0.2, 0) is 19.1 Å². The summed E-state index contributed by atoms with van der Waals surface area (Å²) in [6, 6.07) is 16.0. The standard InChI is InChI=1S/C56H61FN8O7S/c1-29(2)48(61-55(68)70-7)52(66)63-19-9-11-41(63)35-15-14-33(22-35)36-24-39(57)47-44-25-37-23-34(40-27-58-50(60-40)43-12-10-20-64(43)53(67)49(30(3)4)62-56(69)71-8)16-18-42(37)65(44)54(72-45(47)26-36)46-28-59-51(73-46)38-17-13-31(5)21-32(38)6/h13-18,21,23-30,41,43,48-49,54H,9-12,19-20,22H2,1-8H3,(H,58,60)(H,61,68)(H,62,69)/t41-,43-,48-,49-,54?/m0/s1. The third-order valence-electron chi connectivity index (χ3n) is 14.8. The van der Waals surface area contributed by atoms with Crippen LogP contribution in [0, 0.1) is 31.5 Å². The van der Waals surface area contributed by atoms with Crippen molar-refractivity contribution in [1.82, 2.24) is 40.0 Å². The summed E-state index contributed by atoms with van der Waals surface area (Å²) in [6.45, 7) is 12.8. The molecule has 0 spiro atoms. The summed E-state index contributed by atoms with van der Waals surface area (Å²) in [5, 5.41) is 7.17. The molecule has 1 unspecified atom stereocenters. The molecule has 3 aromatic heterocycles. The summed E-state index contributed by atoms with van der Waals surface area (Å²) in [6.07, 6.45) is 9.36. The third kappa shape index (κ3) is 9.27. The zero-order valence-corrected chi connectivity index (χ0v) is 43.2. The number of H-pyrrole nitrogens is 1. The number of aromatic amines is 1. The van der Waals surface area contributed by atoms with Crippen molar-refractivity contribution in [2.24, 2.45) is 11.8 Å². The molecule has 3 N–H and O–H groups in total. The van der Waals surface area contributed by atoms with E-state index < -0.39 is 36.3 Å². The number of carbonyl (C=O) groups is 4. The highest BCUT2D eigenvalue weighted by Gasteiger charge is 2.40. The number of benzene rings is 3. The Hall–Kier alpha value is -7.27. The average Bonchev–Trinajstić information content (AvgIpc) is 4.23. The number of halogens is 1. The van der Waals surface area contributed by atoms with E-state index in [-0.39, 0.29) is 35.7 Å². The van der Waals surface area contributed by atoms with Crippen LogP contribution in [0.25, 0.3) is 49.6 Å². The Morgan fingerprint density at radius 1 is 0.808 bits per heavy atom. The summed E-state index contributed by atoms with van der Waals surface area (Å²) in [5.41, 5.74) is 9.46. The van der Waals surface area contributed by atoms with E-state index in [0.29, 0.717) is 47.9 Å². The molecule has 4 aliphatic rings. The lowest BCUT2D eigenvalue weighted by atomic mass is 9.95. The van der Waals surface area contributed by atoms with E-state index in [0.717, 1.165) is 80.0 Å². The molecule has 380 valence electrons. The maximum atomic E-state index is 17.1. The molecular formula is C56H61FN8O7S. The molecule has 15 nitrogen and oxygen atoms in total. The molecule has 10 rings (SSSR count).